The van der Waals surface area contributed by atoms with Crippen LogP contribution in [-0.4, -0.2) is 17.1 Å². The maximum Gasteiger partial charge on any atom is 0.138 e. The molecule has 0 amide bonds. The molecule has 0 saturated heterocycles. The van der Waals surface area contributed by atoms with Gasteiger partial charge in [0.1, 0.15) is 5.76 Å². The first kappa shape index (κ1) is 13.3. The predicted octanol–water partition coefficient (Wildman–Crippen LogP) is 3.69. The highest BCUT2D eigenvalue weighted by Gasteiger charge is 2.12. The van der Waals surface area contributed by atoms with Crippen LogP contribution >= 0.6 is 15.9 Å². The van der Waals surface area contributed by atoms with Crippen molar-refractivity contribution < 1.29 is 4.52 Å². The zero-order valence-corrected chi connectivity index (χ0v) is 12.5. The third-order valence-electron chi connectivity index (χ3n) is 3.01. The zero-order chi connectivity index (χ0) is 13.1. The number of halogens is 1. The molecule has 2 aromatic rings. The van der Waals surface area contributed by atoms with Gasteiger partial charge in [0.2, 0.25) is 0 Å². The Hall–Kier alpha value is -1.13. The molecule has 0 fully saturated rings. The molecule has 0 aliphatic carbocycles. The SMILES string of the molecule is Cc1noc(C)c1CN(C)Cc1ccccc1Br. The number of aryl methyl sites for hydroxylation is 2. The fourth-order valence-corrected chi connectivity index (χ4v) is 2.38. The fraction of sp³-hybridized carbons (Fsp3) is 0.357. The highest BCUT2D eigenvalue weighted by molar-refractivity contribution is 9.10. The van der Waals surface area contributed by atoms with Crippen molar-refractivity contribution in [2.24, 2.45) is 0 Å². The average molecular weight is 309 g/mol. The summed E-state index contributed by atoms with van der Waals surface area (Å²) in [7, 11) is 2.10. The van der Waals surface area contributed by atoms with Crippen LogP contribution in [0.5, 0.6) is 0 Å². The van der Waals surface area contributed by atoms with Crippen LogP contribution in [0.2, 0.25) is 0 Å². The van der Waals surface area contributed by atoms with Gasteiger partial charge < -0.3 is 4.52 Å². The van der Waals surface area contributed by atoms with Gasteiger partial charge in [0.25, 0.3) is 0 Å². The smallest absolute Gasteiger partial charge is 0.138 e. The summed E-state index contributed by atoms with van der Waals surface area (Å²) >= 11 is 3.57. The van der Waals surface area contributed by atoms with E-state index in [1.807, 2.05) is 19.9 Å². The third kappa shape index (κ3) is 3.00. The molecule has 0 spiro atoms. The van der Waals surface area contributed by atoms with E-state index in [-0.39, 0.29) is 0 Å². The Kier molecular flexibility index (Phi) is 4.19. The van der Waals surface area contributed by atoms with Crippen molar-refractivity contribution in [3.05, 3.63) is 51.3 Å². The molecular formula is C14H17BrN2O. The Balaban J connectivity index is 2.06. The summed E-state index contributed by atoms with van der Waals surface area (Å²) in [5.41, 5.74) is 3.45. The minimum atomic E-state index is 0.850. The number of benzene rings is 1. The Morgan fingerprint density at radius 1 is 1.22 bits per heavy atom. The van der Waals surface area contributed by atoms with Crippen molar-refractivity contribution >= 4 is 15.9 Å². The summed E-state index contributed by atoms with van der Waals surface area (Å²) in [4.78, 5) is 2.26. The van der Waals surface area contributed by atoms with Crippen molar-refractivity contribution in [1.29, 1.82) is 0 Å². The van der Waals surface area contributed by atoms with Crippen LogP contribution in [0.4, 0.5) is 0 Å². The predicted molar refractivity (Wildman–Crippen MR) is 75.3 cm³/mol. The van der Waals surface area contributed by atoms with Gasteiger partial charge in [-0.3, -0.25) is 4.90 Å². The lowest BCUT2D eigenvalue weighted by Crippen LogP contribution is -2.18. The lowest BCUT2D eigenvalue weighted by molar-refractivity contribution is 0.314. The first-order valence-electron chi connectivity index (χ1n) is 5.91. The summed E-state index contributed by atoms with van der Waals surface area (Å²) < 4.78 is 6.33. The molecule has 3 nitrogen and oxygen atoms in total. The molecule has 18 heavy (non-hydrogen) atoms. The Morgan fingerprint density at radius 3 is 2.56 bits per heavy atom. The van der Waals surface area contributed by atoms with Gasteiger partial charge in [-0.15, -0.1) is 0 Å². The van der Waals surface area contributed by atoms with Gasteiger partial charge in [-0.2, -0.15) is 0 Å². The quantitative estimate of drug-likeness (QED) is 0.862. The van der Waals surface area contributed by atoms with Crippen LogP contribution < -0.4 is 0 Å². The van der Waals surface area contributed by atoms with Crippen LogP contribution in [0.15, 0.2) is 33.3 Å². The maximum absolute atomic E-state index is 5.18. The number of aromatic nitrogens is 1. The van der Waals surface area contributed by atoms with E-state index in [2.05, 4.69) is 51.2 Å². The van der Waals surface area contributed by atoms with Crippen LogP contribution in [-0.2, 0) is 13.1 Å². The summed E-state index contributed by atoms with van der Waals surface area (Å²) in [6.45, 7) is 5.69. The largest absolute Gasteiger partial charge is 0.361 e. The van der Waals surface area contributed by atoms with Gasteiger partial charge in [-0.1, -0.05) is 39.3 Å². The summed E-state index contributed by atoms with van der Waals surface area (Å²) in [6.07, 6.45) is 0. The number of hydrogen-bond donors (Lipinski definition) is 0. The van der Waals surface area contributed by atoms with Crippen molar-refractivity contribution in [3.63, 3.8) is 0 Å². The molecule has 1 heterocycles. The fourth-order valence-electron chi connectivity index (χ4n) is 1.97. The summed E-state index contributed by atoms with van der Waals surface area (Å²) in [6, 6.07) is 8.29. The second kappa shape index (κ2) is 5.67. The van der Waals surface area contributed by atoms with E-state index in [1.54, 1.807) is 0 Å². The second-order valence-corrected chi connectivity index (χ2v) is 5.42. The van der Waals surface area contributed by atoms with E-state index < -0.39 is 0 Å². The van der Waals surface area contributed by atoms with Gasteiger partial charge >= 0.3 is 0 Å². The van der Waals surface area contributed by atoms with E-state index in [0.717, 1.165) is 29.0 Å². The molecule has 0 aliphatic heterocycles. The molecular weight excluding hydrogens is 292 g/mol. The Morgan fingerprint density at radius 2 is 1.94 bits per heavy atom. The van der Waals surface area contributed by atoms with Gasteiger partial charge in [-0.25, -0.2) is 0 Å². The highest BCUT2D eigenvalue weighted by Crippen LogP contribution is 2.19. The normalized spacial score (nSPS) is 11.2. The van der Waals surface area contributed by atoms with E-state index in [0.29, 0.717) is 0 Å². The van der Waals surface area contributed by atoms with Crippen molar-refractivity contribution in [1.82, 2.24) is 10.1 Å². The third-order valence-corrected chi connectivity index (χ3v) is 3.78. The van der Waals surface area contributed by atoms with Crippen LogP contribution in [0.1, 0.15) is 22.6 Å². The second-order valence-electron chi connectivity index (χ2n) is 4.57. The Labute approximate surface area is 116 Å². The van der Waals surface area contributed by atoms with E-state index >= 15 is 0 Å². The van der Waals surface area contributed by atoms with Crippen LogP contribution in [0, 0.1) is 13.8 Å². The number of nitrogens with zero attached hydrogens (tertiary/aromatic N) is 2. The standard InChI is InChI=1S/C14H17BrN2O/c1-10-13(11(2)18-16-10)9-17(3)8-12-6-4-5-7-14(12)15/h4-7H,8-9H2,1-3H3. The molecule has 2 rings (SSSR count). The lowest BCUT2D eigenvalue weighted by Gasteiger charge is -2.17. The molecule has 0 radical (unpaired) electrons. The van der Waals surface area contributed by atoms with Crippen LogP contribution in [0.25, 0.3) is 0 Å². The van der Waals surface area contributed by atoms with E-state index in [9.17, 15) is 0 Å². The number of rotatable bonds is 4. The molecule has 1 aromatic heterocycles. The molecule has 96 valence electrons. The van der Waals surface area contributed by atoms with Crippen LogP contribution in [0.3, 0.4) is 0 Å². The minimum absolute atomic E-state index is 0.850. The molecule has 0 atom stereocenters. The number of hydrogen-bond acceptors (Lipinski definition) is 3. The van der Waals surface area contributed by atoms with Gasteiger partial charge in [-0.05, 0) is 32.5 Å². The van der Waals surface area contributed by atoms with E-state index in [4.69, 9.17) is 4.52 Å². The van der Waals surface area contributed by atoms with Gasteiger partial charge in [0.15, 0.2) is 0 Å². The Bertz CT molecular complexity index is 517. The topological polar surface area (TPSA) is 29.3 Å². The minimum Gasteiger partial charge on any atom is -0.361 e. The maximum atomic E-state index is 5.18. The molecule has 0 aliphatic rings. The molecule has 0 bridgehead atoms. The molecule has 0 unspecified atom stereocenters. The van der Waals surface area contributed by atoms with Crippen molar-refractivity contribution in [2.75, 3.05) is 7.05 Å². The van der Waals surface area contributed by atoms with Gasteiger partial charge in [0, 0.05) is 23.1 Å². The van der Waals surface area contributed by atoms with Gasteiger partial charge in [0.05, 0.1) is 5.69 Å². The molecule has 1 aromatic carbocycles. The summed E-state index contributed by atoms with van der Waals surface area (Å²) in [5.74, 6) is 0.909. The highest BCUT2D eigenvalue weighted by atomic mass is 79.9. The first-order chi connectivity index (χ1) is 8.58. The lowest BCUT2D eigenvalue weighted by atomic mass is 10.1. The molecule has 0 N–H and O–H groups in total. The van der Waals surface area contributed by atoms with E-state index in [1.165, 1.54) is 11.1 Å². The first-order valence-corrected chi connectivity index (χ1v) is 6.71. The monoisotopic (exact) mass is 308 g/mol. The average Bonchev–Trinajstić information content (AvgIpc) is 2.64. The summed E-state index contributed by atoms with van der Waals surface area (Å²) in [5, 5.41) is 3.98. The van der Waals surface area contributed by atoms with Crippen molar-refractivity contribution in [3.8, 4) is 0 Å². The zero-order valence-electron chi connectivity index (χ0n) is 10.9. The molecule has 0 saturated carbocycles. The molecule has 4 heteroatoms. The van der Waals surface area contributed by atoms with Crippen molar-refractivity contribution in [2.45, 2.75) is 26.9 Å².